The zero-order valence-electron chi connectivity index (χ0n) is 13.5. The molecule has 0 amide bonds. The summed E-state index contributed by atoms with van der Waals surface area (Å²) in [5.41, 5.74) is 0.426. The van der Waals surface area contributed by atoms with Gasteiger partial charge in [0.15, 0.2) is 11.4 Å². The molecule has 3 aromatic rings. The summed E-state index contributed by atoms with van der Waals surface area (Å²) >= 11 is 0. The van der Waals surface area contributed by atoms with Gasteiger partial charge in [0.25, 0.3) is 10.0 Å². The Kier molecular flexibility index (Phi) is 4.24. The van der Waals surface area contributed by atoms with Gasteiger partial charge >= 0.3 is 0 Å². The lowest BCUT2D eigenvalue weighted by Gasteiger charge is -2.11. The van der Waals surface area contributed by atoms with E-state index in [1.165, 1.54) is 18.3 Å². The van der Waals surface area contributed by atoms with Gasteiger partial charge in [-0.3, -0.25) is 4.79 Å². The second-order valence-electron chi connectivity index (χ2n) is 6.05. The number of aromatic nitrogens is 2. The molecule has 1 aromatic carbocycles. The normalized spacial score (nSPS) is 12.0. The first-order chi connectivity index (χ1) is 11.4. The molecule has 2 heterocycles. The highest BCUT2D eigenvalue weighted by molar-refractivity contribution is 7.90. The molecule has 5 nitrogen and oxygen atoms in total. The maximum absolute atomic E-state index is 13.1. The van der Waals surface area contributed by atoms with Crippen molar-refractivity contribution in [2.24, 2.45) is 5.92 Å². The van der Waals surface area contributed by atoms with Crippen LogP contribution in [0.4, 0.5) is 0 Å². The number of benzene rings is 1. The van der Waals surface area contributed by atoms with E-state index < -0.39 is 10.0 Å². The molecule has 0 aliphatic rings. The Balaban J connectivity index is 2.28. The molecule has 0 atom stereocenters. The SMILES string of the molecule is CC(C)CC(=O)c1cc2cccnc2n1S(=O)(=O)c1ccccc1. The zero-order chi connectivity index (χ0) is 17.3. The van der Waals surface area contributed by atoms with E-state index in [1.807, 2.05) is 13.8 Å². The van der Waals surface area contributed by atoms with Crippen molar-refractivity contribution in [1.29, 1.82) is 0 Å². The Hall–Kier alpha value is -2.47. The molecule has 6 heteroatoms. The second kappa shape index (κ2) is 6.20. The molecule has 0 saturated carbocycles. The van der Waals surface area contributed by atoms with Crippen LogP contribution in [0.15, 0.2) is 59.6 Å². The average molecular weight is 342 g/mol. The summed E-state index contributed by atoms with van der Waals surface area (Å²) in [4.78, 5) is 16.9. The van der Waals surface area contributed by atoms with E-state index >= 15 is 0 Å². The molecule has 0 fully saturated rings. The highest BCUT2D eigenvalue weighted by atomic mass is 32.2. The molecule has 2 aromatic heterocycles. The minimum Gasteiger partial charge on any atom is -0.292 e. The van der Waals surface area contributed by atoms with Gasteiger partial charge in [-0.2, -0.15) is 0 Å². The van der Waals surface area contributed by atoms with Crippen LogP contribution in [-0.4, -0.2) is 23.2 Å². The summed E-state index contributed by atoms with van der Waals surface area (Å²) in [5.74, 6) is -0.0705. The van der Waals surface area contributed by atoms with Crippen LogP contribution >= 0.6 is 0 Å². The van der Waals surface area contributed by atoms with Gasteiger partial charge in [0.2, 0.25) is 0 Å². The van der Waals surface area contributed by atoms with Gasteiger partial charge in [0.1, 0.15) is 5.69 Å². The lowest BCUT2D eigenvalue weighted by atomic mass is 10.1. The fourth-order valence-electron chi connectivity index (χ4n) is 2.62. The molecule has 0 N–H and O–H groups in total. The van der Waals surface area contributed by atoms with Crippen molar-refractivity contribution in [2.75, 3.05) is 0 Å². The number of hydrogen-bond donors (Lipinski definition) is 0. The van der Waals surface area contributed by atoms with E-state index in [1.54, 1.807) is 36.4 Å². The number of Topliss-reactive ketones (excluding diaryl/α,β-unsaturated/α-hetero) is 1. The Bertz CT molecular complexity index is 990. The Morgan fingerprint density at radius 3 is 2.50 bits per heavy atom. The van der Waals surface area contributed by atoms with Gasteiger partial charge in [0.05, 0.1) is 4.90 Å². The molecule has 0 aliphatic carbocycles. The number of pyridine rings is 1. The minimum atomic E-state index is -3.90. The van der Waals surface area contributed by atoms with Crippen molar-refractivity contribution in [1.82, 2.24) is 8.96 Å². The predicted molar refractivity (Wildman–Crippen MR) is 92.5 cm³/mol. The van der Waals surface area contributed by atoms with Gasteiger partial charge in [-0.1, -0.05) is 32.0 Å². The number of fused-ring (bicyclic) bond motifs is 1. The van der Waals surface area contributed by atoms with E-state index in [9.17, 15) is 13.2 Å². The van der Waals surface area contributed by atoms with Crippen LogP contribution in [0.5, 0.6) is 0 Å². The van der Waals surface area contributed by atoms with Crippen molar-refractivity contribution in [3.8, 4) is 0 Å². The van der Waals surface area contributed by atoms with Crippen molar-refractivity contribution in [2.45, 2.75) is 25.2 Å². The van der Waals surface area contributed by atoms with E-state index in [2.05, 4.69) is 4.98 Å². The first kappa shape index (κ1) is 16.4. The summed E-state index contributed by atoms with van der Waals surface area (Å²) in [6.45, 7) is 3.85. The molecular weight excluding hydrogens is 324 g/mol. The molecule has 0 bridgehead atoms. The molecule has 124 valence electrons. The number of nitrogens with zero attached hydrogens (tertiary/aromatic N) is 2. The molecular formula is C18H18N2O3S. The quantitative estimate of drug-likeness (QED) is 0.666. The third-order valence-electron chi connectivity index (χ3n) is 3.68. The topological polar surface area (TPSA) is 69.0 Å². The Labute approximate surface area is 141 Å². The largest absolute Gasteiger partial charge is 0.292 e. The monoisotopic (exact) mass is 342 g/mol. The lowest BCUT2D eigenvalue weighted by molar-refractivity contribution is 0.0962. The van der Waals surface area contributed by atoms with Crippen LogP contribution in [0.2, 0.25) is 0 Å². The molecule has 24 heavy (non-hydrogen) atoms. The van der Waals surface area contributed by atoms with Crippen LogP contribution in [0.1, 0.15) is 30.8 Å². The van der Waals surface area contributed by atoms with Gasteiger partial charge in [-0.05, 0) is 36.2 Å². The second-order valence-corrected chi connectivity index (χ2v) is 7.84. The Morgan fingerprint density at radius 1 is 1.12 bits per heavy atom. The summed E-state index contributed by atoms with van der Waals surface area (Å²) < 4.78 is 27.3. The van der Waals surface area contributed by atoms with E-state index in [-0.39, 0.29) is 34.4 Å². The number of rotatable bonds is 5. The maximum atomic E-state index is 13.1. The summed E-state index contributed by atoms with van der Waals surface area (Å²) in [5, 5.41) is 0.629. The van der Waals surface area contributed by atoms with Gasteiger partial charge in [-0.15, -0.1) is 0 Å². The fourth-order valence-corrected chi connectivity index (χ4v) is 4.13. The fraction of sp³-hybridized carbons (Fsp3) is 0.222. The van der Waals surface area contributed by atoms with Crippen LogP contribution in [0.25, 0.3) is 11.0 Å². The van der Waals surface area contributed by atoms with Crippen molar-refractivity contribution < 1.29 is 13.2 Å². The average Bonchev–Trinajstić information content (AvgIpc) is 2.95. The molecule has 0 spiro atoms. The molecule has 0 saturated heterocycles. The van der Waals surface area contributed by atoms with Crippen molar-refractivity contribution >= 4 is 26.8 Å². The third kappa shape index (κ3) is 2.85. The minimum absolute atomic E-state index is 0.131. The van der Waals surface area contributed by atoms with Gasteiger partial charge in [-0.25, -0.2) is 17.4 Å². The number of ketones is 1. The van der Waals surface area contributed by atoms with Gasteiger partial charge < -0.3 is 0 Å². The lowest BCUT2D eigenvalue weighted by Crippen LogP contribution is -2.19. The highest BCUT2D eigenvalue weighted by Crippen LogP contribution is 2.25. The van der Waals surface area contributed by atoms with E-state index in [4.69, 9.17) is 0 Å². The molecule has 3 rings (SSSR count). The Morgan fingerprint density at radius 2 is 1.83 bits per heavy atom. The standard InChI is InChI=1S/C18H18N2O3S/c1-13(2)11-17(21)16-12-14-7-6-10-19-18(14)20(16)24(22,23)15-8-4-3-5-9-15/h3-10,12-13H,11H2,1-2H3. The highest BCUT2D eigenvalue weighted by Gasteiger charge is 2.27. The van der Waals surface area contributed by atoms with Crippen LogP contribution in [0.3, 0.4) is 0 Å². The molecule has 0 aliphatic heterocycles. The smallest absolute Gasteiger partial charge is 0.270 e. The van der Waals surface area contributed by atoms with Gasteiger partial charge in [0, 0.05) is 18.0 Å². The van der Waals surface area contributed by atoms with Crippen molar-refractivity contribution in [3.05, 3.63) is 60.4 Å². The van der Waals surface area contributed by atoms with Crippen LogP contribution in [0, 0.1) is 5.92 Å². The van der Waals surface area contributed by atoms with E-state index in [0.29, 0.717) is 5.39 Å². The number of carbonyl (C=O) groups excluding carboxylic acids is 1. The van der Waals surface area contributed by atoms with Crippen LogP contribution < -0.4 is 0 Å². The summed E-state index contributed by atoms with van der Waals surface area (Å²) in [6, 6.07) is 13.2. The van der Waals surface area contributed by atoms with E-state index in [0.717, 1.165) is 3.97 Å². The van der Waals surface area contributed by atoms with Crippen molar-refractivity contribution in [3.63, 3.8) is 0 Å². The maximum Gasteiger partial charge on any atom is 0.270 e. The molecule has 0 unspecified atom stereocenters. The predicted octanol–water partition coefficient (Wildman–Crippen LogP) is 3.50. The number of carbonyl (C=O) groups is 1. The third-order valence-corrected chi connectivity index (χ3v) is 5.40. The summed E-state index contributed by atoms with van der Waals surface area (Å²) in [7, 11) is -3.90. The zero-order valence-corrected chi connectivity index (χ0v) is 14.3. The molecule has 0 radical (unpaired) electrons. The first-order valence-corrected chi connectivity index (χ1v) is 9.15. The first-order valence-electron chi connectivity index (χ1n) is 7.71. The summed E-state index contributed by atoms with van der Waals surface area (Å²) in [6.07, 6.45) is 1.80. The van der Waals surface area contributed by atoms with Crippen LogP contribution in [-0.2, 0) is 10.0 Å². The number of hydrogen-bond acceptors (Lipinski definition) is 4.